The van der Waals surface area contributed by atoms with Crippen molar-refractivity contribution >= 4 is 23.8 Å². The second kappa shape index (κ2) is 9.57. The van der Waals surface area contributed by atoms with Gasteiger partial charge in [0.1, 0.15) is 5.60 Å². The van der Waals surface area contributed by atoms with E-state index in [1.807, 2.05) is 39.0 Å². The first kappa shape index (κ1) is 20.4. The van der Waals surface area contributed by atoms with Crippen LogP contribution in [0.3, 0.4) is 0 Å². The van der Waals surface area contributed by atoms with Crippen molar-refractivity contribution in [3.05, 3.63) is 23.3 Å². The fourth-order valence-electron chi connectivity index (χ4n) is 2.34. The molecular formula is C17H27ClN2O4. The second-order valence-corrected chi connectivity index (χ2v) is 7.10. The number of nitrogens with one attached hydrogen (secondary N) is 2. The van der Waals surface area contributed by atoms with Crippen LogP contribution in [0.1, 0.15) is 40.0 Å². The maximum atomic E-state index is 11.6. The van der Waals surface area contributed by atoms with E-state index in [1.54, 1.807) is 0 Å². The van der Waals surface area contributed by atoms with Gasteiger partial charge >= 0.3 is 12.2 Å². The zero-order chi connectivity index (χ0) is 18.2. The predicted molar refractivity (Wildman–Crippen MR) is 94.0 cm³/mol. The van der Waals surface area contributed by atoms with Crippen LogP contribution in [-0.4, -0.2) is 37.5 Å². The van der Waals surface area contributed by atoms with E-state index in [1.165, 1.54) is 7.11 Å². The number of hydrogen-bond donors (Lipinski definition) is 2. The summed E-state index contributed by atoms with van der Waals surface area (Å²) in [6.45, 7) is 5.92. The Hall–Kier alpha value is -1.69. The molecule has 0 radical (unpaired) electrons. The van der Waals surface area contributed by atoms with E-state index in [4.69, 9.17) is 16.3 Å². The minimum absolute atomic E-state index is 0.0878. The number of hydrogen-bond acceptors (Lipinski definition) is 4. The quantitative estimate of drug-likeness (QED) is 0.709. The highest BCUT2D eigenvalue weighted by atomic mass is 35.5. The lowest BCUT2D eigenvalue weighted by Crippen LogP contribution is -2.40. The van der Waals surface area contributed by atoms with Gasteiger partial charge in [0.15, 0.2) is 0 Å². The maximum absolute atomic E-state index is 11.6. The van der Waals surface area contributed by atoms with E-state index in [9.17, 15) is 9.59 Å². The first-order chi connectivity index (χ1) is 11.2. The van der Waals surface area contributed by atoms with Crippen LogP contribution in [0.25, 0.3) is 0 Å². The molecule has 1 unspecified atom stereocenters. The molecule has 0 bridgehead atoms. The van der Waals surface area contributed by atoms with E-state index in [0.29, 0.717) is 24.4 Å². The zero-order valence-corrected chi connectivity index (χ0v) is 15.5. The minimum atomic E-state index is -0.516. The summed E-state index contributed by atoms with van der Waals surface area (Å²) in [5.74, 6) is 0.146. The Balaban J connectivity index is 2.44. The second-order valence-electron chi connectivity index (χ2n) is 6.66. The van der Waals surface area contributed by atoms with Crippen LogP contribution in [0.5, 0.6) is 0 Å². The van der Waals surface area contributed by atoms with Crippen LogP contribution < -0.4 is 10.6 Å². The Labute approximate surface area is 148 Å². The lowest BCUT2D eigenvalue weighted by molar-refractivity contribution is 0.0526. The molecule has 0 fully saturated rings. The molecule has 7 heteroatoms. The van der Waals surface area contributed by atoms with Crippen LogP contribution in [0.2, 0.25) is 0 Å². The molecule has 2 N–H and O–H groups in total. The van der Waals surface area contributed by atoms with Gasteiger partial charge in [0.05, 0.1) is 7.11 Å². The lowest BCUT2D eigenvalue weighted by atomic mass is 9.90. The average Bonchev–Trinajstić information content (AvgIpc) is 2.49. The summed E-state index contributed by atoms with van der Waals surface area (Å²) in [6.07, 6.45) is 7.01. The molecule has 0 heterocycles. The van der Waals surface area contributed by atoms with Crippen LogP contribution >= 0.6 is 11.6 Å². The van der Waals surface area contributed by atoms with Gasteiger partial charge in [-0.15, -0.1) is 0 Å². The molecule has 0 spiro atoms. The molecule has 2 amide bonds. The number of rotatable bonds is 6. The third kappa shape index (κ3) is 8.24. The van der Waals surface area contributed by atoms with Gasteiger partial charge in [0.2, 0.25) is 0 Å². The van der Waals surface area contributed by atoms with E-state index >= 15 is 0 Å². The van der Waals surface area contributed by atoms with Gasteiger partial charge in [-0.25, -0.2) is 9.59 Å². The normalized spacial score (nSPS) is 18.4. The number of ether oxygens (including phenoxy) is 2. The van der Waals surface area contributed by atoms with Crippen molar-refractivity contribution in [1.29, 1.82) is 0 Å². The minimum Gasteiger partial charge on any atom is -0.453 e. The van der Waals surface area contributed by atoms with Gasteiger partial charge in [-0.05, 0) is 46.1 Å². The zero-order valence-electron chi connectivity index (χ0n) is 14.7. The van der Waals surface area contributed by atoms with Gasteiger partial charge in [0, 0.05) is 23.5 Å². The van der Waals surface area contributed by atoms with Crippen molar-refractivity contribution in [2.24, 2.45) is 5.92 Å². The van der Waals surface area contributed by atoms with E-state index < -0.39 is 17.8 Å². The lowest BCUT2D eigenvalue weighted by Gasteiger charge is -2.26. The molecule has 0 aromatic carbocycles. The molecule has 1 aliphatic rings. The monoisotopic (exact) mass is 358 g/mol. The van der Waals surface area contributed by atoms with Crippen molar-refractivity contribution in [3.63, 3.8) is 0 Å². The van der Waals surface area contributed by atoms with E-state index in [-0.39, 0.29) is 12.0 Å². The third-order valence-corrected chi connectivity index (χ3v) is 3.73. The molecule has 0 aromatic rings. The van der Waals surface area contributed by atoms with Crippen LogP contribution in [-0.2, 0) is 9.47 Å². The predicted octanol–water partition coefficient (Wildman–Crippen LogP) is 3.71. The summed E-state index contributed by atoms with van der Waals surface area (Å²) in [7, 11) is 1.34. The van der Waals surface area contributed by atoms with Crippen LogP contribution in [0.15, 0.2) is 23.3 Å². The van der Waals surface area contributed by atoms with E-state index in [0.717, 1.165) is 6.42 Å². The Morgan fingerprint density at radius 3 is 2.62 bits per heavy atom. The number of carbonyl (C=O) groups is 2. The number of alkyl carbamates (subject to hydrolysis) is 2. The summed E-state index contributed by atoms with van der Waals surface area (Å²) < 4.78 is 9.87. The molecule has 0 saturated carbocycles. The van der Waals surface area contributed by atoms with Crippen LogP contribution in [0, 0.1) is 5.92 Å². The summed E-state index contributed by atoms with van der Waals surface area (Å²) in [6, 6.07) is -0.0878. The average molecular weight is 359 g/mol. The van der Waals surface area contributed by atoms with E-state index in [2.05, 4.69) is 15.4 Å². The molecule has 24 heavy (non-hydrogen) atoms. The summed E-state index contributed by atoms with van der Waals surface area (Å²) in [5, 5.41) is 6.27. The molecule has 136 valence electrons. The van der Waals surface area contributed by atoms with Gasteiger partial charge in [0.25, 0.3) is 0 Å². The summed E-state index contributed by atoms with van der Waals surface area (Å²) in [4.78, 5) is 23.1. The summed E-state index contributed by atoms with van der Waals surface area (Å²) >= 11 is 5.93. The van der Waals surface area contributed by atoms with Crippen molar-refractivity contribution in [3.8, 4) is 0 Å². The number of halogens is 1. The van der Waals surface area contributed by atoms with Crippen molar-refractivity contribution in [1.82, 2.24) is 10.6 Å². The van der Waals surface area contributed by atoms with Gasteiger partial charge in [-0.1, -0.05) is 23.8 Å². The molecule has 1 aliphatic carbocycles. The smallest absolute Gasteiger partial charge is 0.407 e. The Morgan fingerprint density at radius 1 is 1.38 bits per heavy atom. The molecule has 0 aliphatic heterocycles. The fraction of sp³-hybridized carbons (Fsp3) is 0.647. The molecule has 6 nitrogen and oxygen atoms in total. The maximum Gasteiger partial charge on any atom is 0.407 e. The van der Waals surface area contributed by atoms with Gasteiger partial charge in [-0.3, -0.25) is 0 Å². The Bertz CT molecular complexity index is 497. The van der Waals surface area contributed by atoms with Gasteiger partial charge in [-0.2, -0.15) is 0 Å². The highest BCUT2D eigenvalue weighted by molar-refractivity contribution is 6.31. The Kier molecular flexibility index (Phi) is 8.11. The largest absolute Gasteiger partial charge is 0.453 e. The summed E-state index contributed by atoms with van der Waals surface area (Å²) in [5.41, 5.74) is -0.516. The third-order valence-electron chi connectivity index (χ3n) is 3.45. The number of amides is 2. The van der Waals surface area contributed by atoms with Crippen molar-refractivity contribution < 1.29 is 19.1 Å². The molecule has 2 atom stereocenters. The van der Waals surface area contributed by atoms with Crippen molar-refractivity contribution in [2.75, 3.05) is 13.7 Å². The number of carbonyl (C=O) groups excluding carboxylic acids is 2. The van der Waals surface area contributed by atoms with Crippen LogP contribution in [0.4, 0.5) is 9.59 Å². The van der Waals surface area contributed by atoms with Crippen molar-refractivity contribution in [2.45, 2.75) is 51.7 Å². The first-order valence-corrected chi connectivity index (χ1v) is 8.44. The fourth-order valence-corrected chi connectivity index (χ4v) is 2.50. The number of methoxy groups -OCH3 is 1. The number of allylic oxidation sites excluding steroid dienone is 3. The topological polar surface area (TPSA) is 76.7 Å². The Morgan fingerprint density at radius 2 is 2.08 bits per heavy atom. The highest BCUT2D eigenvalue weighted by Gasteiger charge is 2.22. The standard InChI is InChI=1S/C17H27ClN2O4/c1-17(2,3)24-15(21)19-11-5-6-14(20-16(22)23-4)12-7-9-13(18)10-8-12/h7,9-10,12,14H,5-6,8,11H2,1-4H3,(H,19,21)(H,20,22)/t12?,14-/m0/s1. The van der Waals surface area contributed by atoms with Gasteiger partial charge < -0.3 is 20.1 Å². The first-order valence-electron chi connectivity index (χ1n) is 8.06. The molecule has 1 rings (SSSR count). The molecule has 0 aromatic heterocycles. The molecule has 0 saturated heterocycles. The SMILES string of the molecule is COC(=O)N[C@@H](CCCNC(=O)OC(C)(C)C)C1C=CC(Cl)=CC1. The highest BCUT2D eigenvalue weighted by Crippen LogP contribution is 2.23. The molecular weight excluding hydrogens is 332 g/mol.